The minimum atomic E-state index is -1.00. The van der Waals surface area contributed by atoms with Gasteiger partial charge in [0.1, 0.15) is 6.10 Å². The minimum absolute atomic E-state index is 0.126. The summed E-state index contributed by atoms with van der Waals surface area (Å²) in [5.41, 5.74) is 0.164. The molecule has 0 saturated carbocycles. The largest absolute Gasteiger partial charge is 0.370 e. The van der Waals surface area contributed by atoms with E-state index in [4.69, 9.17) is 4.74 Å². The highest BCUT2D eigenvalue weighted by atomic mass is 19.2. The molecule has 1 aliphatic rings. The first-order valence-corrected chi connectivity index (χ1v) is 5.20. The molecule has 1 fully saturated rings. The summed E-state index contributed by atoms with van der Waals surface area (Å²) in [7, 11) is 0. The van der Waals surface area contributed by atoms with E-state index >= 15 is 0 Å². The third-order valence-corrected chi connectivity index (χ3v) is 2.85. The predicted molar refractivity (Wildman–Crippen MR) is 54.2 cm³/mol. The van der Waals surface area contributed by atoms with Crippen molar-refractivity contribution in [2.45, 2.75) is 19.4 Å². The minimum Gasteiger partial charge on any atom is -0.370 e. The summed E-state index contributed by atoms with van der Waals surface area (Å²) >= 11 is 0. The van der Waals surface area contributed by atoms with Crippen LogP contribution in [0.15, 0.2) is 18.2 Å². The summed E-state index contributed by atoms with van der Waals surface area (Å²) < 4.78 is 30.9. The van der Waals surface area contributed by atoms with Gasteiger partial charge >= 0.3 is 0 Å². The van der Waals surface area contributed by atoms with Crippen molar-refractivity contribution in [2.24, 2.45) is 5.92 Å². The van der Waals surface area contributed by atoms with Crippen LogP contribution in [0.25, 0.3) is 0 Å². The lowest BCUT2D eigenvalue weighted by molar-refractivity contribution is 0.0579. The number of rotatable bonds is 2. The van der Waals surface area contributed by atoms with Crippen molar-refractivity contribution >= 4 is 5.78 Å². The maximum absolute atomic E-state index is 13.0. The summed E-state index contributed by atoms with van der Waals surface area (Å²) in [5.74, 6) is -2.10. The van der Waals surface area contributed by atoms with Crippen molar-refractivity contribution in [3.63, 3.8) is 0 Å². The van der Waals surface area contributed by atoms with E-state index in [-0.39, 0.29) is 17.3 Å². The lowest BCUT2D eigenvalue weighted by atomic mass is 9.96. The molecule has 1 aromatic rings. The van der Waals surface area contributed by atoms with Crippen LogP contribution in [-0.4, -0.2) is 18.5 Å². The van der Waals surface area contributed by atoms with E-state index in [1.54, 1.807) is 0 Å². The fraction of sp³-hybridized carbons (Fsp3) is 0.417. The van der Waals surface area contributed by atoms with Crippen LogP contribution in [0.2, 0.25) is 0 Å². The molecule has 4 heteroatoms. The summed E-state index contributed by atoms with van der Waals surface area (Å²) in [5, 5.41) is 0. The summed E-state index contributed by atoms with van der Waals surface area (Å²) in [6.45, 7) is 2.46. The Labute approximate surface area is 92.2 Å². The predicted octanol–water partition coefficient (Wildman–Crippen LogP) is 2.57. The third-order valence-electron chi connectivity index (χ3n) is 2.85. The van der Waals surface area contributed by atoms with Gasteiger partial charge in [0.25, 0.3) is 0 Å². The first-order valence-electron chi connectivity index (χ1n) is 5.20. The van der Waals surface area contributed by atoms with Gasteiger partial charge in [-0.2, -0.15) is 0 Å². The SMILES string of the molecule is CC1CCOC1C(=O)c1ccc(F)c(F)c1. The van der Waals surface area contributed by atoms with E-state index in [9.17, 15) is 13.6 Å². The molecule has 16 heavy (non-hydrogen) atoms. The maximum Gasteiger partial charge on any atom is 0.191 e. The summed E-state index contributed by atoms with van der Waals surface area (Å²) in [6, 6.07) is 3.17. The number of halogens is 2. The van der Waals surface area contributed by atoms with Crippen LogP contribution in [0.5, 0.6) is 0 Å². The van der Waals surface area contributed by atoms with Gasteiger partial charge in [0.2, 0.25) is 0 Å². The van der Waals surface area contributed by atoms with Crippen molar-refractivity contribution in [1.82, 2.24) is 0 Å². The molecule has 1 aromatic carbocycles. The van der Waals surface area contributed by atoms with E-state index < -0.39 is 17.7 Å². The Kier molecular flexibility index (Phi) is 3.01. The van der Waals surface area contributed by atoms with E-state index in [1.807, 2.05) is 6.92 Å². The number of carbonyl (C=O) groups excluding carboxylic acids is 1. The zero-order valence-corrected chi connectivity index (χ0v) is 8.87. The number of hydrogen-bond acceptors (Lipinski definition) is 2. The number of Topliss-reactive ketones (excluding diaryl/α,β-unsaturated/α-hetero) is 1. The van der Waals surface area contributed by atoms with E-state index in [2.05, 4.69) is 0 Å². The molecule has 0 radical (unpaired) electrons. The van der Waals surface area contributed by atoms with Gasteiger partial charge in [-0.25, -0.2) is 8.78 Å². The van der Waals surface area contributed by atoms with Crippen LogP contribution in [0.4, 0.5) is 8.78 Å². The second kappa shape index (κ2) is 4.29. The number of hydrogen-bond donors (Lipinski definition) is 0. The average molecular weight is 226 g/mol. The van der Waals surface area contributed by atoms with Gasteiger partial charge in [-0.15, -0.1) is 0 Å². The van der Waals surface area contributed by atoms with Crippen LogP contribution in [0, 0.1) is 17.6 Å². The second-order valence-corrected chi connectivity index (χ2v) is 4.05. The molecule has 2 atom stereocenters. The zero-order valence-electron chi connectivity index (χ0n) is 8.87. The quantitative estimate of drug-likeness (QED) is 0.724. The van der Waals surface area contributed by atoms with Gasteiger partial charge in [0.05, 0.1) is 0 Å². The Morgan fingerprint density at radius 1 is 1.38 bits per heavy atom. The molecule has 0 N–H and O–H groups in total. The van der Waals surface area contributed by atoms with Crippen LogP contribution in [0.1, 0.15) is 23.7 Å². The van der Waals surface area contributed by atoms with Gasteiger partial charge in [0.15, 0.2) is 17.4 Å². The van der Waals surface area contributed by atoms with Crippen molar-refractivity contribution in [1.29, 1.82) is 0 Å². The lowest BCUT2D eigenvalue weighted by Gasteiger charge is -2.13. The molecule has 1 aliphatic heterocycles. The van der Waals surface area contributed by atoms with Gasteiger partial charge in [0, 0.05) is 12.2 Å². The van der Waals surface area contributed by atoms with Crippen LogP contribution in [0.3, 0.4) is 0 Å². The maximum atomic E-state index is 13.0. The topological polar surface area (TPSA) is 26.3 Å². The van der Waals surface area contributed by atoms with Crippen molar-refractivity contribution in [2.75, 3.05) is 6.61 Å². The number of ether oxygens (including phenoxy) is 1. The molecular formula is C12H12F2O2. The normalized spacial score (nSPS) is 24.7. The highest BCUT2D eigenvalue weighted by molar-refractivity contribution is 5.99. The van der Waals surface area contributed by atoms with Crippen molar-refractivity contribution in [3.8, 4) is 0 Å². The fourth-order valence-electron chi connectivity index (χ4n) is 1.84. The highest BCUT2D eigenvalue weighted by Gasteiger charge is 2.31. The molecule has 0 bridgehead atoms. The molecule has 2 unspecified atom stereocenters. The molecule has 0 aromatic heterocycles. The molecular weight excluding hydrogens is 214 g/mol. The van der Waals surface area contributed by atoms with Gasteiger partial charge in [-0.3, -0.25) is 4.79 Å². The number of benzene rings is 1. The lowest BCUT2D eigenvalue weighted by Crippen LogP contribution is -2.25. The Morgan fingerprint density at radius 2 is 2.12 bits per heavy atom. The fourth-order valence-corrected chi connectivity index (χ4v) is 1.84. The smallest absolute Gasteiger partial charge is 0.191 e. The van der Waals surface area contributed by atoms with Crippen LogP contribution < -0.4 is 0 Å². The summed E-state index contributed by atoms with van der Waals surface area (Å²) in [6.07, 6.45) is 0.296. The van der Waals surface area contributed by atoms with Crippen molar-refractivity contribution < 1.29 is 18.3 Å². The van der Waals surface area contributed by atoms with Gasteiger partial charge in [-0.05, 0) is 30.5 Å². The van der Waals surface area contributed by atoms with E-state index in [0.717, 1.165) is 18.6 Å². The standard InChI is InChI=1S/C12H12F2O2/c1-7-4-5-16-12(7)11(15)8-2-3-9(13)10(14)6-8/h2-3,6-7,12H,4-5H2,1H3. The Morgan fingerprint density at radius 3 is 2.69 bits per heavy atom. The van der Waals surface area contributed by atoms with Crippen molar-refractivity contribution in [3.05, 3.63) is 35.4 Å². The summed E-state index contributed by atoms with van der Waals surface area (Å²) in [4.78, 5) is 11.9. The average Bonchev–Trinajstić information content (AvgIpc) is 2.67. The van der Waals surface area contributed by atoms with Crippen LogP contribution >= 0.6 is 0 Å². The molecule has 1 heterocycles. The molecule has 2 rings (SSSR count). The second-order valence-electron chi connectivity index (χ2n) is 4.05. The molecule has 2 nitrogen and oxygen atoms in total. The van der Waals surface area contributed by atoms with Gasteiger partial charge < -0.3 is 4.74 Å². The van der Waals surface area contributed by atoms with E-state index in [0.29, 0.717) is 6.61 Å². The molecule has 0 aliphatic carbocycles. The first kappa shape index (κ1) is 11.2. The Balaban J connectivity index is 2.23. The molecule has 0 spiro atoms. The third kappa shape index (κ3) is 1.97. The van der Waals surface area contributed by atoms with E-state index in [1.165, 1.54) is 6.07 Å². The Bertz CT molecular complexity index is 417. The number of ketones is 1. The zero-order chi connectivity index (χ0) is 11.7. The Hall–Kier alpha value is -1.29. The first-order chi connectivity index (χ1) is 7.59. The monoisotopic (exact) mass is 226 g/mol. The molecule has 86 valence electrons. The van der Waals surface area contributed by atoms with Crippen LogP contribution in [-0.2, 0) is 4.74 Å². The van der Waals surface area contributed by atoms with Gasteiger partial charge in [-0.1, -0.05) is 6.92 Å². The molecule has 0 amide bonds. The number of carbonyl (C=O) groups is 1. The molecule has 1 saturated heterocycles. The highest BCUT2D eigenvalue weighted by Crippen LogP contribution is 2.24.